The van der Waals surface area contributed by atoms with Gasteiger partial charge in [-0.15, -0.1) is 0 Å². The molecule has 0 amide bonds. The number of benzene rings is 1. The zero-order chi connectivity index (χ0) is 26.6. The number of Topliss-reactive ketones (excluding diaryl/α,β-unsaturated/α-hetero) is 1. The quantitative estimate of drug-likeness (QED) is 0.300. The first-order valence-electron chi connectivity index (χ1n) is 12.6. The van der Waals surface area contributed by atoms with Crippen molar-refractivity contribution in [1.82, 2.24) is 0 Å². The molecule has 1 aromatic rings. The predicted molar refractivity (Wildman–Crippen MR) is 145 cm³/mol. The fourth-order valence-corrected chi connectivity index (χ4v) is 4.57. The number of ether oxygens (including phenoxy) is 1. The summed E-state index contributed by atoms with van der Waals surface area (Å²) >= 11 is 0. The van der Waals surface area contributed by atoms with E-state index in [9.17, 15) is 13.2 Å². The number of sulfone groups is 1. The lowest BCUT2D eigenvalue weighted by Crippen LogP contribution is -2.29. The second kappa shape index (κ2) is 12.0. The second-order valence-electron chi connectivity index (χ2n) is 11.8. The first-order chi connectivity index (χ1) is 15.3. The van der Waals surface area contributed by atoms with Crippen molar-refractivity contribution < 1.29 is 17.9 Å². The maximum atomic E-state index is 12.9. The average Bonchev–Trinajstić information content (AvgIpc) is 2.68. The van der Waals surface area contributed by atoms with Gasteiger partial charge in [-0.2, -0.15) is 0 Å². The van der Waals surface area contributed by atoms with E-state index < -0.39 is 21.4 Å². The van der Waals surface area contributed by atoms with E-state index in [0.717, 1.165) is 5.57 Å². The molecule has 0 aromatic heterocycles. The summed E-state index contributed by atoms with van der Waals surface area (Å²) in [5, 5.41) is 0. The normalized spacial score (nSPS) is 15.3. The van der Waals surface area contributed by atoms with Crippen molar-refractivity contribution in [3.05, 3.63) is 46.0 Å². The summed E-state index contributed by atoms with van der Waals surface area (Å²) in [6, 6.07) is 4.61. The molecule has 0 saturated heterocycles. The first kappa shape index (κ1) is 30.6. The lowest BCUT2D eigenvalue weighted by atomic mass is 9.82. The highest BCUT2D eigenvalue weighted by atomic mass is 32.2. The Morgan fingerprint density at radius 1 is 0.941 bits per heavy atom. The SMILES string of the molecule is C/C(=C/CS(C)(=O)=O)[C@H](CC(=O)C(C)(C)C)O[C@@H](C)c1c(C(C)C)cc(C(C)C)cc1C(C)C. The van der Waals surface area contributed by atoms with E-state index in [1.807, 2.05) is 27.7 Å². The van der Waals surface area contributed by atoms with Crippen LogP contribution in [0.2, 0.25) is 0 Å². The van der Waals surface area contributed by atoms with Gasteiger partial charge in [-0.3, -0.25) is 4.79 Å². The molecule has 0 saturated carbocycles. The van der Waals surface area contributed by atoms with Crippen LogP contribution in [0.5, 0.6) is 0 Å². The van der Waals surface area contributed by atoms with Crippen LogP contribution in [0.15, 0.2) is 23.8 Å². The fraction of sp³-hybridized carbons (Fsp3) is 0.690. The van der Waals surface area contributed by atoms with Crippen LogP contribution in [0.25, 0.3) is 0 Å². The van der Waals surface area contributed by atoms with E-state index in [1.165, 1.54) is 28.5 Å². The molecule has 0 bridgehead atoms. The van der Waals surface area contributed by atoms with E-state index in [1.54, 1.807) is 6.08 Å². The highest BCUT2D eigenvalue weighted by Gasteiger charge is 2.29. The lowest BCUT2D eigenvalue weighted by molar-refractivity contribution is -0.129. The Balaban J connectivity index is 3.54. The van der Waals surface area contributed by atoms with E-state index in [0.29, 0.717) is 17.8 Å². The van der Waals surface area contributed by atoms with Crippen molar-refractivity contribution in [1.29, 1.82) is 0 Å². The van der Waals surface area contributed by atoms with Crippen LogP contribution in [0, 0.1) is 5.41 Å². The van der Waals surface area contributed by atoms with Crippen molar-refractivity contribution in [2.45, 2.75) is 113 Å². The monoisotopic (exact) mass is 492 g/mol. The molecule has 4 nitrogen and oxygen atoms in total. The third-order valence-corrected chi connectivity index (χ3v) is 7.15. The van der Waals surface area contributed by atoms with Crippen LogP contribution in [0.1, 0.15) is 129 Å². The minimum absolute atomic E-state index is 0.0612. The molecule has 2 atom stereocenters. The molecule has 5 heteroatoms. The Bertz CT molecular complexity index is 947. The highest BCUT2D eigenvalue weighted by molar-refractivity contribution is 7.90. The number of rotatable bonds is 11. The van der Waals surface area contributed by atoms with Crippen molar-refractivity contribution in [3.8, 4) is 0 Å². The molecule has 0 spiro atoms. The number of carbonyl (C=O) groups excluding carboxylic acids is 1. The third kappa shape index (κ3) is 8.96. The molecule has 0 fully saturated rings. The average molecular weight is 493 g/mol. The summed E-state index contributed by atoms with van der Waals surface area (Å²) < 4.78 is 30.1. The van der Waals surface area contributed by atoms with Crippen LogP contribution in [0.4, 0.5) is 0 Å². The number of hydrogen-bond acceptors (Lipinski definition) is 4. The molecule has 0 heterocycles. The molecular formula is C29H48O4S. The molecule has 194 valence electrons. The topological polar surface area (TPSA) is 60.4 Å². The molecule has 1 aromatic carbocycles. The number of carbonyl (C=O) groups is 1. The van der Waals surface area contributed by atoms with Gasteiger partial charge in [0.2, 0.25) is 0 Å². The molecule has 0 N–H and O–H groups in total. The Morgan fingerprint density at radius 2 is 1.41 bits per heavy atom. The van der Waals surface area contributed by atoms with Gasteiger partial charge in [0.15, 0.2) is 9.84 Å². The van der Waals surface area contributed by atoms with Crippen molar-refractivity contribution in [3.63, 3.8) is 0 Å². The van der Waals surface area contributed by atoms with E-state index in [-0.39, 0.29) is 24.1 Å². The van der Waals surface area contributed by atoms with Crippen LogP contribution in [0.3, 0.4) is 0 Å². The zero-order valence-corrected chi connectivity index (χ0v) is 24.4. The van der Waals surface area contributed by atoms with Crippen molar-refractivity contribution in [2.75, 3.05) is 12.0 Å². The predicted octanol–water partition coefficient (Wildman–Crippen LogP) is 7.50. The summed E-state index contributed by atoms with van der Waals surface area (Å²) in [6.07, 6.45) is 2.41. The number of ketones is 1. The second-order valence-corrected chi connectivity index (χ2v) is 13.9. The summed E-state index contributed by atoms with van der Waals surface area (Å²) in [4.78, 5) is 12.9. The van der Waals surface area contributed by atoms with Crippen molar-refractivity contribution >= 4 is 15.6 Å². The van der Waals surface area contributed by atoms with Crippen molar-refractivity contribution in [2.24, 2.45) is 5.41 Å². The molecule has 34 heavy (non-hydrogen) atoms. The minimum atomic E-state index is -3.16. The van der Waals surface area contributed by atoms with Crippen LogP contribution in [-0.2, 0) is 19.4 Å². The molecule has 0 aliphatic carbocycles. The summed E-state index contributed by atoms with van der Waals surface area (Å²) in [5.41, 5.74) is 5.37. The third-order valence-electron chi connectivity index (χ3n) is 6.38. The fourth-order valence-electron chi connectivity index (χ4n) is 4.00. The standard InChI is InChI=1S/C29H48O4S/c1-18(2)23-15-24(19(3)4)28(25(16-23)20(5)6)22(8)33-26(17-27(30)29(9,10)11)21(7)13-14-34(12,31)32/h13,15-16,18-20,22,26H,14,17H2,1-12H3/b21-13-/t22-,26-/m0/s1. The van der Waals surface area contributed by atoms with Gasteiger partial charge in [-0.25, -0.2) is 8.42 Å². The van der Waals surface area contributed by atoms with Crippen LogP contribution >= 0.6 is 0 Å². The largest absolute Gasteiger partial charge is 0.366 e. The Kier molecular flexibility index (Phi) is 10.8. The maximum Gasteiger partial charge on any atom is 0.151 e. The lowest BCUT2D eigenvalue weighted by Gasteiger charge is -2.31. The van der Waals surface area contributed by atoms with E-state index in [2.05, 4.69) is 60.6 Å². The smallest absolute Gasteiger partial charge is 0.151 e. The Morgan fingerprint density at radius 3 is 1.76 bits per heavy atom. The zero-order valence-electron chi connectivity index (χ0n) is 23.6. The summed E-state index contributed by atoms with van der Waals surface area (Å²) in [6.45, 7) is 22.9. The Hall–Kier alpha value is -1.46. The van der Waals surface area contributed by atoms with Gasteiger partial charge in [-0.05, 0) is 59.4 Å². The molecule has 0 unspecified atom stereocenters. The molecular weight excluding hydrogens is 444 g/mol. The first-order valence-corrected chi connectivity index (χ1v) is 14.6. The highest BCUT2D eigenvalue weighted by Crippen LogP contribution is 2.38. The minimum Gasteiger partial charge on any atom is -0.366 e. The van der Waals surface area contributed by atoms with Gasteiger partial charge in [0.05, 0.1) is 18.0 Å². The van der Waals surface area contributed by atoms with Gasteiger partial charge in [0.1, 0.15) is 5.78 Å². The van der Waals surface area contributed by atoms with Gasteiger partial charge < -0.3 is 4.74 Å². The summed E-state index contributed by atoms with van der Waals surface area (Å²) in [7, 11) is -3.16. The Labute approximate surface area is 209 Å². The molecule has 0 aliphatic rings. The molecule has 0 aliphatic heterocycles. The van der Waals surface area contributed by atoms with Gasteiger partial charge >= 0.3 is 0 Å². The maximum absolute atomic E-state index is 12.9. The number of hydrogen-bond donors (Lipinski definition) is 0. The molecule has 1 rings (SSSR count). The van der Waals surface area contributed by atoms with Crippen LogP contribution in [-0.4, -0.2) is 32.3 Å². The van der Waals surface area contributed by atoms with E-state index in [4.69, 9.17) is 4.74 Å². The van der Waals surface area contributed by atoms with Gasteiger partial charge in [0, 0.05) is 18.1 Å². The van der Waals surface area contributed by atoms with Crippen LogP contribution < -0.4 is 0 Å². The summed E-state index contributed by atoms with van der Waals surface area (Å²) in [5.74, 6) is 1.12. The molecule has 0 radical (unpaired) electrons. The van der Waals surface area contributed by atoms with E-state index >= 15 is 0 Å². The van der Waals surface area contributed by atoms with Gasteiger partial charge in [-0.1, -0.05) is 80.5 Å². The van der Waals surface area contributed by atoms with Gasteiger partial charge in [0.25, 0.3) is 0 Å².